The maximum atomic E-state index is 10.3. The van der Waals surface area contributed by atoms with Gasteiger partial charge in [0.25, 0.3) is 5.97 Å². The fourth-order valence-electron chi connectivity index (χ4n) is 2.46. The van der Waals surface area contributed by atoms with Crippen LogP contribution in [0.2, 0.25) is 0 Å². The second-order valence-electron chi connectivity index (χ2n) is 6.97. The molecule has 0 aromatic rings. The Kier molecular flexibility index (Phi) is 20.5. The zero-order valence-corrected chi connectivity index (χ0v) is 18.1. The zero-order valence-electron chi connectivity index (χ0n) is 17.2. The first-order valence-corrected chi connectivity index (χ1v) is 11.8. The SMILES string of the molecule is CCC(O)(O)O.CCCCCCCCCCCCCCCCOS(=O)(=O)O. The molecule has 0 heterocycles. The highest BCUT2D eigenvalue weighted by molar-refractivity contribution is 7.80. The molecule has 0 aliphatic carbocycles. The summed E-state index contributed by atoms with van der Waals surface area (Å²) in [5, 5.41) is 23.8. The summed E-state index contributed by atoms with van der Waals surface area (Å²) in [7, 11) is -4.24. The Morgan fingerprint density at radius 2 is 0.963 bits per heavy atom. The van der Waals surface area contributed by atoms with Gasteiger partial charge in [-0.25, -0.2) is 4.18 Å². The summed E-state index contributed by atoms with van der Waals surface area (Å²) >= 11 is 0. The molecule has 0 bridgehead atoms. The monoisotopic (exact) mass is 414 g/mol. The summed E-state index contributed by atoms with van der Waals surface area (Å²) in [6.45, 7) is 3.80. The van der Waals surface area contributed by atoms with Crippen molar-refractivity contribution in [3.63, 3.8) is 0 Å². The summed E-state index contributed by atoms with van der Waals surface area (Å²) in [6, 6.07) is 0. The molecule has 0 aliphatic rings. The number of hydrogen-bond donors (Lipinski definition) is 4. The van der Waals surface area contributed by atoms with E-state index in [1.807, 2.05) is 0 Å². The van der Waals surface area contributed by atoms with Crippen molar-refractivity contribution in [2.24, 2.45) is 0 Å². The minimum atomic E-state index is -4.24. The molecule has 0 aromatic carbocycles. The molecule has 0 saturated carbocycles. The average molecular weight is 415 g/mol. The van der Waals surface area contributed by atoms with Gasteiger partial charge in [-0.1, -0.05) is 97.3 Å². The highest BCUT2D eigenvalue weighted by Gasteiger charge is 2.11. The molecule has 0 saturated heterocycles. The second kappa shape index (κ2) is 19.1. The van der Waals surface area contributed by atoms with E-state index in [1.54, 1.807) is 0 Å². The van der Waals surface area contributed by atoms with Gasteiger partial charge >= 0.3 is 10.4 Å². The summed E-state index contributed by atoms with van der Waals surface area (Å²) in [5.74, 6) is -2.46. The third-order valence-corrected chi connectivity index (χ3v) is 4.67. The summed E-state index contributed by atoms with van der Waals surface area (Å²) in [4.78, 5) is 0. The van der Waals surface area contributed by atoms with E-state index in [2.05, 4.69) is 11.1 Å². The van der Waals surface area contributed by atoms with E-state index < -0.39 is 16.4 Å². The molecule has 0 atom stereocenters. The van der Waals surface area contributed by atoms with E-state index in [4.69, 9.17) is 19.9 Å². The van der Waals surface area contributed by atoms with Gasteiger partial charge in [0.05, 0.1) is 6.61 Å². The van der Waals surface area contributed by atoms with Crippen LogP contribution in [-0.4, -0.2) is 40.9 Å². The van der Waals surface area contributed by atoms with E-state index in [-0.39, 0.29) is 13.0 Å². The van der Waals surface area contributed by atoms with Gasteiger partial charge in [0.15, 0.2) is 0 Å². The van der Waals surface area contributed by atoms with Crippen molar-refractivity contribution in [3.8, 4) is 0 Å². The average Bonchev–Trinajstić information content (AvgIpc) is 2.57. The molecule has 7 nitrogen and oxygen atoms in total. The Morgan fingerprint density at radius 3 is 1.22 bits per heavy atom. The van der Waals surface area contributed by atoms with Crippen LogP contribution in [0.25, 0.3) is 0 Å². The van der Waals surface area contributed by atoms with Gasteiger partial charge in [0.1, 0.15) is 0 Å². The van der Waals surface area contributed by atoms with E-state index in [0.29, 0.717) is 6.42 Å². The van der Waals surface area contributed by atoms with Crippen LogP contribution in [0.1, 0.15) is 110 Å². The lowest BCUT2D eigenvalue weighted by atomic mass is 10.0. The molecule has 166 valence electrons. The maximum Gasteiger partial charge on any atom is 0.397 e. The van der Waals surface area contributed by atoms with Gasteiger partial charge in [-0.05, 0) is 6.42 Å². The van der Waals surface area contributed by atoms with Crippen LogP contribution >= 0.6 is 0 Å². The predicted molar refractivity (Wildman–Crippen MR) is 107 cm³/mol. The van der Waals surface area contributed by atoms with Gasteiger partial charge in [0, 0.05) is 6.42 Å². The van der Waals surface area contributed by atoms with Gasteiger partial charge in [0.2, 0.25) is 0 Å². The Labute approximate surface area is 166 Å². The molecule has 0 aliphatic heterocycles. The maximum absolute atomic E-state index is 10.3. The lowest BCUT2D eigenvalue weighted by molar-refractivity contribution is -0.312. The van der Waals surface area contributed by atoms with Crippen molar-refractivity contribution in [1.29, 1.82) is 0 Å². The lowest BCUT2D eigenvalue weighted by Gasteiger charge is -2.08. The van der Waals surface area contributed by atoms with Crippen molar-refractivity contribution in [3.05, 3.63) is 0 Å². The number of hydrogen-bond acceptors (Lipinski definition) is 6. The third kappa shape index (κ3) is 33.7. The Morgan fingerprint density at radius 1 is 0.667 bits per heavy atom. The Bertz CT molecular complexity index is 391. The van der Waals surface area contributed by atoms with Crippen LogP contribution in [0.4, 0.5) is 0 Å². The minimum Gasteiger partial charge on any atom is -0.344 e. The van der Waals surface area contributed by atoms with Gasteiger partial charge < -0.3 is 15.3 Å². The Balaban J connectivity index is 0. The zero-order chi connectivity index (χ0) is 21.0. The van der Waals surface area contributed by atoms with E-state index in [1.165, 1.54) is 77.6 Å². The first kappa shape index (κ1) is 29.0. The largest absolute Gasteiger partial charge is 0.397 e. The van der Waals surface area contributed by atoms with E-state index >= 15 is 0 Å². The van der Waals surface area contributed by atoms with Crippen molar-refractivity contribution < 1.29 is 32.5 Å². The molecule has 0 radical (unpaired) electrons. The molecule has 0 fully saturated rings. The van der Waals surface area contributed by atoms with Crippen LogP contribution in [0, 0.1) is 0 Å². The molecule has 27 heavy (non-hydrogen) atoms. The predicted octanol–water partition coefficient (Wildman–Crippen LogP) is 4.31. The summed E-state index contributed by atoms with van der Waals surface area (Å²) in [6.07, 6.45) is 17.5. The highest BCUT2D eigenvalue weighted by atomic mass is 32.3. The molecular formula is C19H42O7S. The number of rotatable bonds is 17. The van der Waals surface area contributed by atoms with Crippen molar-refractivity contribution in [2.45, 2.75) is 116 Å². The minimum absolute atomic E-state index is 0.0625. The van der Waals surface area contributed by atoms with Crippen LogP contribution in [0.15, 0.2) is 0 Å². The van der Waals surface area contributed by atoms with Crippen molar-refractivity contribution in [1.82, 2.24) is 0 Å². The second-order valence-corrected chi connectivity index (χ2v) is 8.06. The van der Waals surface area contributed by atoms with Gasteiger partial charge in [-0.3, -0.25) is 4.55 Å². The summed E-state index contributed by atoms with van der Waals surface area (Å²) < 4.78 is 33.2. The standard InChI is InChI=1S/C16H34O4S.C3H8O3/c1-2-3-4-5-6-7-8-9-10-11-12-13-14-15-16-20-21(17,18)19;1-2-3(4,5)6/h2-16H2,1H3,(H,17,18,19);4-6H,2H2,1H3. The van der Waals surface area contributed by atoms with E-state index in [9.17, 15) is 8.42 Å². The highest BCUT2D eigenvalue weighted by Crippen LogP contribution is 2.13. The molecule has 8 heteroatoms. The third-order valence-electron chi connectivity index (χ3n) is 4.20. The molecule has 0 aromatic heterocycles. The molecule has 0 spiro atoms. The molecular weight excluding hydrogens is 372 g/mol. The summed E-state index contributed by atoms with van der Waals surface area (Å²) in [5.41, 5.74) is 0. The van der Waals surface area contributed by atoms with Crippen molar-refractivity contribution >= 4 is 10.4 Å². The smallest absolute Gasteiger partial charge is 0.344 e. The quantitative estimate of drug-likeness (QED) is 0.159. The molecule has 0 rings (SSSR count). The fourth-order valence-corrected chi connectivity index (χ4v) is 2.79. The van der Waals surface area contributed by atoms with Crippen LogP contribution in [0.3, 0.4) is 0 Å². The Hall–Kier alpha value is -0.250. The lowest BCUT2D eigenvalue weighted by Crippen LogP contribution is -2.24. The first-order valence-electron chi connectivity index (χ1n) is 10.4. The molecule has 0 unspecified atom stereocenters. The van der Waals surface area contributed by atoms with Crippen LogP contribution in [0.5, 0.6) is 0 Å². The van der Waals surface area contributed by atoms with Crippen LogP contribution < -0.4 is 0 Å². The van der Waals surface area contributed by atoms with Gasteiger partial charge in [-0.2, -0.15) is 8.42 Å². The fraction of sp³-hybridized carbons (Fsp3) is 1.00. The number of unbranched alkanes of at least 4 members (excludes halogenated alkanes) is 13. The molecule has 4 N–H and O–H groups in total. The van der Waals surface area contributed by atoms with Gasteiger partial charge in [-0.15, -0.1) is 0 Å². The normalized spacial score (nSPS) is 11.9. The van der Waals surface area contributed by atoms with E-state index in [0.717, 1.165) is 12.8 Å². The van der Waals surface area contributed by atoms with Crippen LogP contribution in [-0.2, 0) is 14.6 Å². The number of aliphatic hydroxyl groups is 3. The molecule has 0 amide bonds. The topological polar surface area (TPSA) is 124 Å². The van der Waals surface area contributed by atoms with Crippen molar-refractivity contribution in [2.75, 3.05) is 6.61 Å². The first-order chi connectivity index (χ1) is 12.6.